The minimum Gasteiger partial charge on any atom is -0.492 e. The highest BCUT2D eigenvalue weighted by molar-refractivity contribution is 5.96. The smallest absolute Gasteiger partial charge is 0.330 e. The summed E-state index contributed by atoms with van der Waals surface area (Å²) in [6, 6.07) is 17.1. The van der Waals surface area contributed by atoms with Gasteiger partial charge in [-0.05, 0) is 38.1 Å². The minimum absolute atomic E-state index is 0.00756. The van der Waals surface area contributed by atoms with Crippen LogP contribution in [0.5, 0.6) is 5.75 Å². The van der Waals surface area contributed by atoms with Crippen molar-refractivity contribution in [3.63, 3.8) is 0 Å². The topological polar surface area (TPSA) is 114 Å². The molecule has 2 aromatic carbocycles. The second-order valence-corrected chi connectivity index (χ2v) is 8.86. The Morgan fingerprint density at radius 1 is 1.08 bits per heavy atom. The number of aryl methyl sites for hydroxylation is 1. The second-order valence-electron chi connectivity index (χ2n) is 8.86. The number of nitrogen functional groups attached to an aromatic ring is 1. The lowest BCUT2D eigenvalue weighted by molar-refractivity contribution is -0.119. The summed E-state index contributed by atoms with van der Waals surface area (Å²) in [7, 11) is 1.81. The monoisotopic (exact) mass is 493 g/mol. The molecule has 0 fully saturated rings. The van der Waals surface area contributed by atoms with Gasteiger partial charge in [-0.3, -0.25) is 28.9 Å². The van der Waals surface area contributed by atoms with E-state index in [2.05, 4.69) is 4.98 Å². The van der Waals surface area contributed by atoms with Crippen molar-refractivity contribution >= 4 is 17.4 Å². The fourth-order valence-corrected chi connectivity index (χ4v) is 3.78. The number of rotatable bonds is 12. The van der Waals surface area contributed by atoms with Crippen LogP contribution in [0.25, 0.3) is 0 Å². The van der Waals surface area contributed by atoms with Crippen molar-refractivity contribution in [2.24, 2.45) is 0 Å². The van der Waals surface area contributed by atoms with Crippen LogP contribution in [0.15, 0.2) is 64.2 Å². The summed E-state index contributed by atoms with van der Waals surface area (Å²) < 4.78 is 7.10. The third-order valence-corrected chi connectivity index (χ3v) is 5.87. The van der Waals surface area contributed by atoms with E-state index in [1.54, 1.807) is 0 Å². The number of likely N-dealkylation sites (N-methyl/N-ethyl adjacent to an activating group) is 1. The van der Waals surface area contributed by atoms with E-state index in [0.29, 0.717) is 26.1 Å². The van der Waals surface area contributed by atoms with Crippen molar-refractivity contribution in [1.29, 1.82) is 0 Å². The zero-order valence-corrected chi connectivity index (χ0v) is 21.2. The number of benzene rings is 2. The van der Waals surface area contributed by atoms with Crippen LogP contribution >= 0.6 is 0 Å². The Morgan fingerprint density at radius 2 is 1.78 bits per heavy atom. The number of aromatic nitrogens is 2. The molecule has 0 saturated heterocycles. The molecule has 0 bridgehead atoms. The lowest BCUT2D eigenvalue weighted by Gasteiger charge is -2.27. The van der Waals surface area contributed by atoms with E-state index in [0.717, 1.165) is 23.3 Å². The Morgan fingerprint density at radius 3 is 2.44 bits per heavy atom. The predicted molar refractivity (Wildman–Crippen MR) is 142 cm³/mol. The molecule has 0 saturated carbocycles. The number of carbonyl (C=O) groups excluding carboxylic acids is 1. The molecule has 9 heteroatoms. The molecule has 0 aliphatic carbocycles. The standard InChI is InChI=1S/C27H35N5O4/c1-4-5-15-31-25(28)24(26(34)29-27(31)35)32(18-21-9-7-6-8-10-21)23(33)19-30(3)16-17-36-22-13-11-20(2)12-14-22/h6-14H,4-5,15-19,28H2,1-3H3,(H,29,34,35). The van der Waals surface area contributed by atoms with Crippen LogP contribution in [0.3, 0.4) is 0 Å². The summed E-state index contributed by atoms with van der Waals surface area (Å²) in [4.78, 5) is 44.3. The van der Waals surface area contributed by atoms with Gasteiger partial charge in [0.05, 0.1) is 13.1 Å². The summed E-state index contributed by atoms with van der Waals surface area (Å²) in [5, 5.41) is 0. The van der Waals surface area contributed by atoms with Crippen LogP contribution in [0.4, 0.5) is 11.5 Å². The van der Waals surface area contributed by atoms with Gasteiger partial charge < -0.3 is 10.5 Å². The number of carbonyl (C=O) groups is 1. The molecule has 1 heterocycles. The van der Waals surface area contributed by atoms with Crippen molar-refractivity contribution in [2.45, 2.75) is 39.8 Å². The molecule has 0 aliphatic rings. The number of anilines is 2. The molecule has 0 radical (unpaired) electrons. The van der Waals surface area contributed by atoms with Crippen molar-refractivity contribution in [3.05, 3.63) is 86.6 Å². The molecule has 0 aliphatic heterocycles. The molecule has 36 heavy (non-hydrogen) atoms. The van der Waals surface area contributed by atoms with Gasteiger partial charge in [0.25, 0.3) is 5.56 Å². The van der Waals surface area contributed by atoms with Gasteiger partial charge in [0.2, 0.25) is 5.91 Å². The third kappa shape index (κ3) is 7.08. The van der Waals surface area contributed by atoms with Gasteiger partial charge in [0, 0.05) is 13.1 Å². The maximum Gasteiger partial charge on any atom is 0.330 e. The Balaban J connectivity index is 1.80. The van der Waals surface area contributed by atoms with Crippen LogP contribution in [-0.4, -0.2) is 47.1 Å². The number of amides is 1. The molecule has 3 N–H and O–H groups in total. The van der Waals surface area contributed by atoms with Crippen LogP contribution in [0.1, 0.15) is 30.9 Å². The minimum atomic E-state index is -0.681. The molecular weight excluding hydrogens is 458 g/mol. The van der Waals surface area contributed by atoms with Crippen molar-refractivity contribution in [1.82, 2.24) is 14.5 Å². The third-order valence-electron chi connectivity index (χ3n) is 5.87. The maximum atomic E-state index is 13.5. The zero-order valence-electron chi connectivity index (χ0n) is 21.2. The highest BCUT2D eigenvalue weighted by Gasteiger charge is 2.25. The van der Waals surface area contributed by atoms with Crippen molar-refractivity contribution in [3.8, 4) is 5.75 Å². The number of hydrogen-bond acceptors (Lipinski definition) is 6. The number of nitrogens with one attached hydrogen (secondary N) is 1. The van der Waals surface area contributed by atoms with Crippen LogP contribution in [0.2, 0.25) is 0 Å². The maximum absolute atomic E-state index is 13.5. The first kappa shape index (κ1) is 26.7. The van der Waals surface area contributed by atoms with Crippen LogP contribution in [-0.2, 0) is 17.9 Å². The van der Waals surface area contributed by atoms with E-state index in [4.69, 9.17) is 10.5 Å². The second kappa shape index (κ2) is 12.7. The lowest BCUT2D eigenvalue weighted by atomic mass is 10.2. The normalized spacial score (nSPS) is 11.0. The fraction of sp³-hybridized carbons (Fsp3) is 0.370. The van der Waals surface area contributed by atoms with E-state index in [9.17, 15) is 14.4 Å². The van der Waals surface area contributed by atoms with E-state index in [1.807, 2.05) is 80.4 Å². The fourth-order valence-electron chi connectivity index (χ4n) is 3.78. The molecule has 1 aromatic heterocycles. The number of nitrogens with zero attached hydrogens (tertiary/aromatic N) is 3. The first-order chi connectivity index (χ1) is 17.3. The number of ether oxygens (including phenoxy) is 1. The first-order valence-corrected chi connectivity index (χ1v) is 12.1. The van der Waals surface area contributed by atoms with Gasteiger partial charge in [-0.15, -0.1) is 0 Å². The highest BCUT2D eigenvalue weighted by Crippen LogP contribution is 2.20. The average Bonchev–Trinajstić information content (AvgIpc) is 2.85. The van der Waals surface area contributed by atoms with Gasteiger partial charge in [-0.25, -0.2) is 4.79 Å². The Kier molecular flexibility index (Phi) is 9.46. The molecule has 192 valence electrons. The molecular formula is C27H35N5O4. The Labute approximate surface area is 211 Å². The molecule has 0 spiro atoms. The molecule has 0 atom stereocenters. The molecule has 1 amide bonds. The highest BCUT2D eigenvalue weighted by atomic mass is 16.5. The summed E-state index contributed by atoms with van der Waals surface area (Å²) in [6.07, 6.45) is 1.56. The van der Waals surface area contributed by atoms with Gasteiger partial charge in [0.15, 0.2) is 5.69 Å². The van der Waals surface area contributed by atoms with Crippen molar-refractivity contribution < 1.29 is 9.53 Å². The molecule has 9 nitrogen and oxygen atoms in total. The Bertz CT molecular complexity index is 1250. The van der Waals surface area contributed by atoms with Gasteiger partial charge >= 0.3 is 5.69 Å². The SMILES string of the molecule is CCCCn1c(N)c(N(Cc2ccccc2)C(=O)CN(C)CCOc2ccc(C)cc2)c(=O)[nH]c1=O. The number of nitrogens with two attached hydrogens (primary N) is 1. The summed E-state index contributed by atoms with van der Waals surface area (Å²) >= 11 is 0. The van der Waals surface area contributed by atoms with Gasteiger partial charge in [0.1, 0.15) is 18.2 Å². The average molecular weight is 494 g/mol. The van der Waals surface area contributed by atoms with E-state index >= 15 is 0 Å². The van der Waals surface area contributed by atoms with E-state index in [-0.39, 0.29) is 30.5 Å². The molecule has 3 aromatic rings. The molecule has 3 rings (SSSR count). The lowest BCUT2D eigenvalue weighted by Crippen LogP contribution is -2.44. The zero-order chi connectivity index (χ0) is 26.1. The van der Waals surface area contributed by atoms with Gasteiger partial charge in [-0.2, -0.15) is 0 Å². The summed E-state index contributed by atoms with van der Waals surface area (Å²) in [6.45, 7) is 5.45. The van der Waals surface area contributed by atoms with Gasteiger partial charge in [-0.1, -0.05) is 61.4 Å². The molecule has 0 unspecified atom stereocenters. The summed E-state index contributed by atoms with van der Waals surface area (Å²) in [5.41, 5.74) is 7.04. The Hall–Kier alpha value is -3.85. The summed E-state index contributed by atoms with van der Waals surface area (Å²) in [5.74, 6) is 0.445. The predicted octanol–water partition coefficient (Wildman–Crippen LogP) is 2.77. The van der Waals surface area contributed by atoms with Crippen LogP contribution < -0.4 is 26.6 Å². The van der Waals surface area contributed by atoms with Crippen LogP contribution in [0, 0.1) is 6.92 Å². The number of unbranched alkanes of at least 4 members (excludes halogenated alkanes) is 1. The first-order valence-electron chi connectivity index (χ1n) is 12.1. The number of hydrogen-bond donors (Lipinski definition) is 2. The quantitative estimate of drug-likeness (QED) is 0.401. The van der Waals surface area contributed by atoms with E-state index < -0.39 is 11.2 Å². The largest absolute Gasteiger partial charge is 0.492 e. The number of H-pyrrole nitrogens is 1. The van der Waals surface area contributed by atoms with E-state index in [1.165, 1.54) is 9.47 Å². The number of aromatic amines is 1. The van der Waals surface area contributed by atoms with Crippen molar-refractivity contribution in [2.75, 3.05) is 37.4 Å².